The number of rotatable bonds is 2. The lowest BCUT2D eigenvalue weighted by atomic mass is 9.93. The molecule has 3 nitrogen and oxygen atoms in total. The van der Waals surface area contributed by atoms with Crippen LogP contribution in [0.4, 0.5) is 0 Å². The van der Waals surface area contributed by atoms with Crippen molar-refractivity contribution < 1.29 is 14.3 Å². The zero-order chi connectivity index (χ0) is 12.9. The summed E-state index contributed by atoms with van der Waals surface area (Å²) in [5.41, 5.74) is 0.987. The molecule has 0 aliphatic carbocycles. The molecular weight excluding hydrogens is 240 g/mol. The summed E-state index contributed by atoms with van der Waals surface area (Å²) in [6.07, 6.45) is -0.501. The number of carbonyl (C=O) groups excluding carboxylic acids is 1. The fraction of sp³-hybridized carbons (Fsp3) is 0.188. The summed E-state index contributed by atoms with van der Waals surface area (Å²) in [5.74, 6) is -0.280. The lowest BCUT2D eigenvalue weighted by molar-refractivity contribution is -0.154. The van der Waals surface area contributed by atoms with E-state index >= 15 is 0 Å². The SMILES string of the molecule is O=C1O[C@@H](c2ccccc2)[C@@H]2O[C@]12c1ccccc1. The quantitative estimate of drug-likeness (QED) is 0.609. The number of benzene rings is 2. The van der Waals surface area contributed by atoms with E-state index in [0.29, 0.717) is 0 Å². The molecule has 2 heterocycles. The Morgan fingerprint density at radius 2 is 1.53 bits per heavy atom. The molecule has 2 aromatic carbocycles. The molecule has 3 atom stereocenters. The van der Waals surface area contributed by atoms with Crippen molar-refractivity contribution in [3.63, 3.8) is 0 Å². The molecule has 2 fully saturated rings. The Balaban J connectivity index is 1.72. The van der Waals surface area contributed by atoms with Crippen LogP contribution in [-0.2, 0) is 19.9 Å². The molecule has 3 heteroatoms. The van der Waals surface area contributed by atoms with E-state index < -0.39 is 5.60 Å². The smallest absolute Gasteiger partial charge is 0.346 e. The lowest BCUT2D eigenvalue weighted by Crippen LogP contribution is -2.19. The van der Waals surface area contributed by atoms with Gasteiger partial charge in [-0.1, -0.05) is 60.7 Å². The third-order valence-electron chi connectivity index (χ3n) is 3.80. The van der Waals surface area contributed by atoms with Gasteiger partial charge in [0.05, 0.1) is 0 Å². The Labute approximate surface area is 110 Å². The van der Waals surface area contributed by atoms with Crippen molar-refractivity contribution in [1.29, 1.82) is 0 Å². The topological polar surface area (TPSA) is 38.8 Å². The van der Waals surface area contributed by atoms with Gasteiger partial charge in [-0.3, -0.25) is 0 Å². The monoisotopic (exact) mass is 252 g/mol. The molecule has 4 rings (SSSR count). The third-order valence-corrected chi connectivity index (χ3v) is 3.80. The van der Waals surface area contributed by atoms with Gasteiger partial charge in [-0.25, -0.2) is 4.79 Å². The first kappa shape index (κ1) is 10.8. The summed E-state index contributed by atoms with van der Waals surface area (Å²) < 4.78 is 11.2. The number of hydrogen-bond donors (Lipinski definition) is 0. The Hall–Kier alpha value is -2.13. The van der Waals surface area contributed by atoms with Gasteiger partial charge in [0.25, 0.3) is 0 Å². The van der Waals surface area contributed by atoms with Gasteiger partial charge in [0, 0.05) is 0 Å². The molecule has 19 heavy (non-hydrogen) atoms. The maximum Gasteiger partial charge on any atom is 0.346 e. The first-order valence-corrected chi connectivity index (χ1v) is 6.32. The van der Waals surface area contributed by atoms with Crippen LogP contribution in [-0.4, -0.2) is 12.1 Å². The van der Waals surface area contributed by atoms with Crippen molar-refractivity contribution in [3.8, 4) is 0 Å². The molecular formula is C16H12O3. The van der Waals surface area contributed by atoms with Crippen LogP contribution < -0.4 is 0 Å². The van der Waals surface area contributed by atoms with Crippen LogP contribution in [0.1, 0.15) is 17.2 Å². The van der Waals surface area contributed by atoms with Gasteiger partial charge >= 0.3 is 5.97 Å². The minimum Gasteiger partial charge on any atom is -0.452 e. The normalized spacial score (nSPS) is 31.7. The first-order valence-electron chi connectivity index (χ1n) is 6.32. The van der Waals surface area contributed by atoms with Gasteiger partial charge in [-0.15, -0.1) is 0 Å². The maximum atomic E-state index is 12.2. The largest absolute Gasteiger partial charge is 0.452 e. The van der Waals surface area contributed by atoms with Crippen LogP contribution in [0.15, 0.2) is 60.7 Å². The fourth-order valence-electron chi connectivity index (χ4n) is 2.79. The molecule has 2 saturated heterocycles. The van der Waals surface area contributed by atoms with Crippen molar-refractivity contribution in [1.82, 2.24) is 0 Å². The van der Waals surface area contributed by atoms with Gasteiger partial charge in [0.15, 0.2) is 6.10 Å². The number of fused-ring (bicyclic) bond motifs is 1. The standard InChI is InChI=1S/C16H12O3/c17-15-16(12-9-5-2-6-10-12)14(19-16)13(18-15)11-7-3-1-4-8-11/h1-10,13-14H/t13-,14-,16-/m0/s1. The molecule has 0 spiro atoms. The van der Waals surface area contributed by atoms with Crippen molar-refractivity contribution >= 4 is 5.97 Å². The maximum absolute atomic E-state index is 12.2. The average Bonchev–Trinajstić information content (AvgIpc) is 3.17. The highest BCUT2D eigenvalue weighted by Crippen LogP contribution is 2.59. The van der Waals surface area contributed by atoms with E-state index in [0.717, 1.165) is 11.1 Å². The van der Waals surface area contributed by atoms with Crippen molar-refractivity contribution in [2.45, 2.75) is 17.8 Å². The van der Waals surface area contributed by atoms with Crippen LogP contribution in [0.2, 0.25) is 0 Å². The van der Waals surface area contributed by atoms with E-state index in [9.17, 15) is 4.79 Å². The van der Waals surface area contributed by atoms with Gasteiger partial charge in [0.2, 0.25) is 5.60 Å². The Morgan fingerprint density at radius 1 is 0.895 bits per heavy atom. The summed E-state index contributed by atoms with van der Waals surface area (Å²) in [5, 5.41) is 0. The van der Waals surface area contributed by atoms with E-state index in [2.05, 4.69) is 0 Å². The summed E-state index contributed by atoms with van der Waals surface area (Å²) in [6.45, 7) is 0. The van der Waals surface area contributed by atoms with Crippen LogP contribution >= 0.6 is 0 Å². The van der Waals surface area contributed by atoms with E-state index in [1.807, 2.05) is 60.7 Å². The molecule has 2 aromatic rings. The molecule has 0 aromatic heterocycles. The Morgan fingerprint density at radius 3 is 2.16 bits per heavy atom. The second-order valence-corrected chi connectivity index (χ2v) is 4.88. The fourth-order valence-corrected chi connectivity index (χ4v) is 2.79. The predicted molar refractivity (Wildman–Crippen MR) is 68.3 cm³/mol. The number of carbonyl (C=O) groups is 1. The van der Waals surface area contributed by atoms with Crippen molar-refractivity contribution in [3.05, 3.63) is 71.8 Å². The highest BCUT2D eigenvalue weighted by molar-refractivity contribution is 5.88. The van der Waals surface area contributed by atoms with E-state index in [-0.39, 0.29) is 18.2 Å². The van der Waals surface area contributed by atoms with Crippen LogP contribution in [0.25, 0.3) is 0 Å². The molecule has 94 valence electrons. The van der Waals surface area contributed by atoms with Crippen LogP contribution in [0.3, 0.4) is 0 Å². The minimum absolute atomic E-state index is 0.204. The zero-order valence-corrected chi connectivity index (χ0v) is 10.2. The van der Waals surface area contributed by atoms with Crippen LogP contribution in [0, 0.1) is 0 Å². The molecule has 2 aliphatic heterocycles. The molecule has 2 aliphatic rings. The summed E-state index contributed by atoms with van der Waals surface area (Å²) in [7, 11) is 0. The predicted octanol–water partition coefficient (Wildman–Crippen LogP) is 2.58. The lowest BCUT2D eigenvalue weighted by Gasteiger charge is -2.11. The zero-order valence-electron chi connectivity index (χ0n) is 10.2. The highest BCUT2D eigenvalue weighted by Gasteiger charge is 2.74. The van der Waals surface area contributed by atoms with E-state index in [1.54, 1.807) is 0 Å². The summed E-state index contributed by atoms with van der Waals surface area (Å²) >= 11 is 0. The van der Waals surface area contributed by atoms with Gasteiger partial charge in [-0.05, 0) is 11.1 Å². The molecule has 0 unspecified atom stereocenters. The molecule has 0 saturated carbocycles. The van der Waals surface area contributed by atoms with Gasteiger partial charge < -0.3 is 9.47 Å². The second-order valence-electron chi connectivity index (χ2n) is 4.88. The number of esters is 1. The highest BCUT2D eigenvalue weighted by atomic mass is 16.7. The molecule has 0 bridgehead atoms. The minimum atomic E-state index is -0.873. The molecule has 0 amide bonds. The number of ether oxygens (including phenoxy) is 2. The van der Waals surface area contributed by atoms with Gasteiger partial charge in [-0.2, -0.15) is 0 Å². The molecule has 0 radical (unpaired) electrons. The summed E-state index contributed by atoms with van der Waals surface area (Å²) in [4.78, 5) is 12.2. The molecule has 0 N–H and O–H groups in total. The average molecular weight is 252 g/mol. The Bertz CT molecular complexity index is 623. The van der Waals surface area contributed by atoms with Crippen LogP contribution in [0.5, 0.6) is 0 Å². The third kappa shape index (κ3) is 1.39. The second kappa shape index (κ2) is 3.68. The number of cyclic esters (lactones) is 1. The van der Waals surface area contributed by atoms with Crippen molar-refractivity contribution in [2.75, 3.05) is 0 Å². The number of hydrogen-bond acceptors (Lipinski definition) is 3. The van der Waals surface area contributed by atoms with Gasteiger partial charge in [0.1, 0.15) is 6.10 Å². The Kier molecular flexibility index (Phi) is 2.09. The van der Waals surface area contributed by atoms with Crippen molar-refractivity contribution in [2.24, 2.45) is 0 Å². The summed E-state index contributed by atoms with van der Waals surface area (Å²) in [6, 6.07) is 19.3. The van der Waals surface area contributed by atoms with E-state index in [4.69, 9.17) is 9.47 Å². The van der Waals surface area contributed by atoms with E-state index in [1.165, 1.54) is 0 Å². The number of epoxide rings is 1. The first-order chi connectivity index (χ1) is 9.32.